The lowest BCUT2D eigenvalue weighted by molar-refractivity contribution is 0.367. The number of rotatable bonds is 3. The van der Waals surface area contributed by atoms with Crippen LogP contribution in [-0.4, -0.2) is 31.6 Å². The second-order valence-corrected chi connectivity index (χ2v) is 7.48. The molecule has 0 saturated carbocycles. The number of hydrogen-bond donors (Lipinski definition) is 1. The van der Waals surface area contributed by atoms with Crippen LogP contribution in [0.3, 0.4) is 0 Å². The van der Waals surface area contributed by atoms with E-state index in [2.05, 4.69) is 57.7 Å². The van der Waals surface area contributed by atoms with Gasteiger partial charge in [-0.3, -0.25) is 4.98 Å². The Morgan fingerprint density at radius 1 is 1.04 bits per heavy atom. The molecule has 0 radical (unpaired) electrons. The molecule has 6 heteroatoms. The van der Waals surface area contributed by atoms with Gasteiger partial charge >= 0.3 is 0 Å². The molecule has 27 heavy (non-hydrogen) atoms. The van der Waals surface area contributed by atoms with Gasteiger partial charge in [0.15, 0.2) is 5.11 Å². The fourth-order valence-electron chi connectivity index (χ4n) is 3.93. The van der Waals surface area contributed by atoms with E-state index in [4.69, 9.17) is 12.2 Å². The number of nitrogens with one attached hydrogen (secondary N) is 1. The number of aromatic nitrogens is 3. The van der Waals surface area contributed by atoms with E-state index in [0.717, 1.165) is 22.3 Å². The molecule has 1 saturated heterocycles. The highest BCUT2D eigenvalue weighted by molar-refractivity contribution is 7.80. The molecule has 0 bridgehead atoms. The molecule has 2 atom stereocenters. The van der Waals surface area contributed by atoms with Crippen molar-refractivity contribution in [3.63, 3.8) is 0 Å². The van der Waals surface area contributed by atoms with Crippen molar-refractivity contribution in [3.8, 4) is 5.82 Å². The van der Waals surface area contributed by atoms with Crippen LogP contribution in [0.5, 0.6) is 0 Å². The van der Waals surface area contributed by atoms with Crippen LogP contribution in [0, 0.1) is 20.8 Å². The SMILES string of the molecule is Cc1ccnc(-n2c(C)cc([C@H]3[C@H](c4ccccn4)NC(=S)N3C)c2C)c1. The first kappa shape index (κ1) is 17.7. The van der Waals surface area contributed by atoms with Gasteiger partial charge < -0.3 is 14.8 Å². The summed E-state index contributed by atoms with van der Waals surface area (Å²) in [4.78, 5) is 11.3. The third kappa shape index (κ3) is 3.00. The van der Waals surface area contributed by atoms with Crippen molar-refractivity contribution in [2.75, 3.05) is 7.05 Å². The second kappa shape index (κ2) is 6.78. The molecule has 0 spiro atoms. The molecule has 138 valence electrons. The van der Waals surface area contributed by atoms with E-state index in [0.29, 0.717) is 0 Å². The number of pyridine rings is 2. The van der Waals surface area contributed by atoms with Gasteiger partial charge in [0.1, 0.15) is 5.82 Å². The van der Waals surface area contributed by atoms with Crippen molar-refractivity contribution >= 4 is 17.3 Å². The molecule has 0 aliphatic carbocycles. The van der Waals surface area contributed by atoms with Gasteiger partial charge in [-0.15, -0.1) is 0 Å². The van der Waals surface area contributed by atoms with Crippen LogP contribution in [0.15, 0.2) is 48.8 Å². The Hall–Kier alpha value is -2.73. The first-order chi connectivity index (χ1) is 13.0. The molecule has 1 aliphatic heterocycles. The highest BCUT2D eigenvalue weighted by Crippen LogP contribution is 2.40. The molecule has 1 fully saturated rings. The fourth-order valence-corrected chi connectivity index (χ4v) is 4.17. The fraction of sp³-hybridized carbons (Fsp3) is 0.286. The summed E-state index contributed by atoms with van der Waals surface area (Å²) in [6.45, 7) is 6.36. The monoisotopic (exact) mass is 377 g/mol. The van der Waals surface area contributed by atoms with E-state index in [-0.39, 0.29) is 12.1 Å². The Kier molecular flexibility index (Phi) is 4.44. The summed E-state index contributed by atoms with van der Waals surface area (Å²) in [6, 6.07) is 12.5. The average molecular weight is 378 g/mol. The molecule has 5 nitrogen and oxygen atoms in total. The van der Waals surface area contributed by atoms with Crippen LogP contribution >= 0.6 is 12.2 Å². The van der Waals surface area contributed by atoms with Gasteiger partial charge in [-0.1, -0.05) is 6.07 Å². The Morgan fingerprint density at radius 2 is 1.85 bits per heavy atom. The zero-order valence-corrected chi connectivity index (χ0v) is 16.8. The zero-order chi connectivity index (χ0) is 19.1. The van der Waals surface area contributed by atoms with Gasteiger partial charge in [0.2, 0.25) is 0 Å². The van der Waals surface area contributed by atoms with Crippen molar-refractivity contribution in [1.29, 1.82) is 0 Å². The molecule has 0 aromatic carbocycles. The lowest BCUT2D eigenvalue weighted by atomic mass is 9.97. The Morgan fingerprint density at radius 3 is 2.56 bits per heavy atom. The third-order valence-electron chi connectivity index (χ3n) is 5.26. The van der Waals surface area contributed by atoms with E-state index in [1.54, 1.807) is 0 Å². The van der Waals surface area contributed by atoms with Crippen LogP contribution in [0.1, 0.15) is 40.3 Å². The topological polar surface area (TPSA) is 46.0 Å². The summed E-state index contributed by atoms with van der Waals surface area (Å²) in [5, 5.41) is 4.19. The van der Waals surface area contributed by atoms with Gasteiger partial charge in [-0.2, -0.15) is 0 Å². The average Bonchev–Trinajstić information content (AvgIpc) is 3.11. The summed E-state index contributed by atoms with van der Waals surface area (Å²) < 4.78 is 2.22. The molecular weight excluding hydrogens is 354 g/mol. The lowest BCUT2D eigenvalue weighted by Crippen LogP contribution is -2.25. The van der Waals surface area contributed by atoms with E-state index in [1.165, 1.54) is 16.8 Å². The molecule has 1 aliphatic rings. The normalized spacial score (nSPS) is 19.4. The standard InChI is InChI=1S/C21H23N5S/c1-13-8-10-23-18(11-13)26-14(2)12-16(15(26)3)20-19(24-21(27)25(20)4)17-7-5-6-9-22-17/h5-12,19-20H,1-4H3,(H,24,27)/t19-,20-/m0/s1. The van der Waals surface area contributed by atoms with Gasteiger partial charge in [0.25, 0.3) is 0 Å². The zero-order valence-electron chi connectivity index (χ0n) is 16.0. The number of thiocarbonyl (C=S) groups is 1. The van der Waals surface area contributed by atoms with Crippen molar-refractivity contribution in [1.82, 2.24) is 24.8 Å². The molecule has 4 rings (SSSR count). The minimum absolute atomic E-state index is 0.0168. The summed E-state index contributed by atoms with van der Waals surface area (Å²) in [5.74, 6) is 0.946. The number of hydrogen-bond acceptors (Lipinski definition) is 3. The van der Waals surface area contributed by atoms with Gasteiger partial charge in [0.05, 0.1) is 17.8 Å². The van der Waals surface area contributed by atoms with Gasteiger partial charge in [-0.05, 0) is 74.4 Å². The minimum atomic E-state index is 0.0168. The third-order valence-corrected chi connectivity index (χ3v) is 5.66. The molecule has 0 amide bonds. The predicted molar refractivity (Wildman–Crippen MR) is 111 cm³/mol. The second-order valence-electron chi connectivity index (χ2n) is 7.09. The molecule has 1 N–H and O–H groups in total. The number of aryl methyl sites for hydroxylation is 2. The molecule has 3 aromatic rings. The van der Waals surface area contributed by atoms with Crippen molar-refractivity contribution in [3.05, 3.63) is 77.0 Å². The largest absolute Gasteiger partial charge is 0.352 e. The first-order valence-corrected chi connectivity index (χ1v) is 9.44. The lowest BCUT2D eigenvalue weighted by Gasteiger charge is -2.24. The van der Waals surface area contributed by atoms with Crippen molar-refractivity contribution < 1.29 is 0 Å². The quantitative estimate of drug-likeness (QED) is 0.704. The first-order valence-electron chi connectivity index (χ1n) is 9.03. The van der Waals surface area contributed by atoms with Crippen molar-refractivity contribution in [2.45, 2.75) is 32.9 Å². The van der Waals surface area contributed by atoms with E-state index < -0.39 is 0 Å². The highest BCUT2D eigenvalue weighted by Gasteiger charge is 2.39. The maximum absolute atomic E-state index is 5.56. The molecule has 4 heterocycles. The number of likely N-dealkylation sites (N-methyl/N-ethyl adjacent to an activating group) is 1. The Bertz CT molecular complexity index is 995. The number of nitrogens with zero attached hydrogens (tertiary/aromatic N) is 4. The van der Waals surface area contributed by atoms with E-state index in [1.807, 2.05) is 43.7 Å². The maximum Gasteiger partial charge on any atom is 0.169 e. The van der Waals surface area contributed by atoms with Gasteiger partial charge in [0, 0.05) is 30.8 Å². The van der Waals surface area contributed by atoms with Crippen LogP contribution in [0.4, 0.5) is 0 Å². The smallest absolute Gasteiger partial charge is 0.169 e. The van der Waals surface area contributed by atoms with Crippen molar-refractivity contribution in [2.24, 2.45) is 0 Å². The molecular formula is C21H23N5S. The summed E-state index contributed by atoms with van der Waals surface area (Å²) in [5.41, 5.74) is 5.76. The predicted octanol–water partition coefficient (Wildman–Crippen LogP) is 3.79. The Balaban J connectivity index is 1.82. The van der Waals surface area contributed by atoms with Crippen LogP contribution < -0.4 is 5.32 Å². The maximum atomic E-state index is 5.56. The summed E-state index contributed by atoms with van der Waals surface area (Å²) in [6.07, 6.45) is 3.69. The highest BCUT2D eigenvalue weighted by atomic mass is 32.1. The van der Waals surface area contributed by atoms with E-state index in [9.17, 15) is 0 Å². The molecule has 3 aromatic heterocycles. The summed E-state index contributed by atoms with van der Waals surface area (Å²) >= 11 is 5.56. The van der Waals surface area contributed by atoms with Crippen LogP contribution in [-0.2, 0) is 0 Å². The van der Waals surface area contributed by atoms with Crippen LogP contribution in [0.25, 0.3) is 5.82 Å². The summed E-state index contributed by atoms with van der Waals surface area (Å²) in [7, 11) is 2.04. The van der Waals surface area contributed by atoms with E-state index >= 15 is 0 Å². The molecule has 0 unspecified atom stereocenters. The van der Waals surface area contributed by atoms with Crippen LogP contribution in [0.2, 0.25) is 0 Å². The Labute approximate surface area is 165 Å². The minimum Gasteiger partial charge on any atom is -0.352 e. The van der Waals surface area contributed by atoms with Gasteiger partial charge in [-0.25, -0.2) is 4.98 Å².